The average molecular weight is 220 g/mol. The maximum absolute atomic E-state index is 8.09. The molecule has 1 saturated carbocycles. The molecule has 0 aromatic rings. The molecule has 1 aliphatic rings. The first kappa shape index (κ1) is 14.8. The monoisotopic (exact) mass is 220 g/mol. The Labute approximate surface area is 92.2 Å². The molecule has 1 rings (SSSR count). The summed E-state index contributed by atoms with van der Waals surface area (Å²) >= 11 is 0. The fourth-order valence-electron chi connectivity index (χ4n) is 1.52. The lowest BCUT2D eigenvalue weighted by Crippen LogP contribution is -2.05. The molecule has 1 aliphatic carbocycles. The Hall–Kier alpha value is -0.160. The SMILES string of the molecule is CCOC1CCCC1.OCCOCCO. The van der Waals surface area contributed by atoms with E-state index in [0.29, 0.717) is 19.3 Å². The van der Waals surface area contributed by atoms with Crippen LogP contribution in [0.25, 0.3) is 0 Å². The van der Waals surface area contributed by atoms with Crippen LogP contribution in [0, 0.1) is 0 Å². The van der Waals surface area contributed by atoms with Crippen LogP contribution >= 0.6 is 0 Å². The van der Waals surface area contributed by atoms with Crippen molar-refractivity contribution in [1.82, 2.24) is 0 Å². The second-order valence-corrected chi connectivity index (χ2v) is 3.42. The topological polar surface area (TPSA) is 58.9 Å². The highest BCUT2D eigenvalue weighted by Crippen LogP contribution is 2.20. The van der Waals surface area contributed by atoms with E-state index in [4.69, 9.17) is 14.9 Å². The zero-order chi connectivity index (χ0) is 11.4. The highest BCUT2D eigenvalue weighted by molar-refractivity contribution is 4.65. The van der Waals surface area contributed by atoms with E-state index in [9.17, 15) is 0 Å². The van der Waals surface area contributed by atoms with Crippen LogP contribution < -0.4 is 0 Å². The second-order valence-electron chi connectivity index (χ2n) is 3.42. The third kappa shape index (κ3) is 10.1. The van der Waals surface area contributed by atoms with E-state index < -0.39 is 0 Å². The van der Waals surface area contributed by atoms with Gasteiger partial charge in [0.05, 0.1) is 32.5 Å². The molecule has 4 nitrogen and oxygen atoms in total. The molecule has 4 heteroatoms. The normalized spacial score (nSPS) is 16.2. The Morgan fingerprint density at radius 3 is 2.00 bits per heavy atom. The number of hydrogen-bond acceptors (Lipinski definition) is 4. The molecular formula is C11H24O4. The summed E-state index contributed by atoms with van der Waals surface area (Å²) in [5.41, 5.74) is 0. The van der Waals surface area contributed by atoms with Gasteiger partial charge in [-0.1, -0.05) is 12.8 Å². The van der Waals surface area contributed by atoms with Crippen molar-refractivity contribution in [3.05, 3.63) is 0 Å². The van der Waals surface area contributed by atoms with Gasteiger partial charge in [-0.3, -0.25) is 0 Å². The van der Waals surface area contributed by atoms with Gasteiger partial charge >= 0.3 is 0 Å². The van der Waals surface area contributed by atoms with Crippen molar-refractivity contribution in [2.24, 2.45) is 0 Å². The summed E-state index contributed by atoms with van der Waals surface area (Å²) in [6.45, 7) is 3.66. The first-order valence-corrected chi connectivity index (χ1v) is 5.76. The van der Waals surface area contributed by atoms with Gasteiger partial charge in [0.15, 0.2) is 0 Å². The molecule has 0 spiro atoms. The standard InChI is InChI=1S/C7H14O.C4H10O3/c1-2-8-7-5-3-4-6-7;5-1-3-7-4-2-6/h7H,2-6H2,1H3;5-6H,1-4H2. The number of aliphatic hydroxyl groups excluding tert-OH is 2. The van der Waals surface area contributed by atoms with Crippen LogP contribution in [-0.4, -0.2) is 49.4 Å². The summed E-state index contributed by atoms with van der Waals surface area (Å²) in [6, 6.07) is 0. The van der Waals surface area contributed by atoms with Crippen molar-refractivity contribution in [2.75, 3.05) is 33.0 Å². The van der Waals surface area contributed by atoms with Gasteiger partial charge in [-0.15, -0.1) is 0 Å². The van der Waals surface area contributed by atoms with Gasteiger partial charge in [-0.25, -0.2) is 0 Å². The molecule has 0 heterocycles. The quantitative estimate of drug-likeness (QED) is 0.654. The van der Waals surface area contributed by atoms with E-state index in [1.54, 1.807) is 0 Å². The smallest absolute Gasteiger partial charge is 0.0698 e. The predicted molar refractivity (Wildman–Crippen MR) is 58.9 cm³/mol. The van der Waals surface area contributed by atoms with Crippen molar-refractivity contribution in [3.8, 4) is 0 Å². The van der Waals surface area contributed by atoms with Gasteiger partial charge in [-0.2, -0.15) is 0 Å². The van der Waals surface area contributed by atoms with Gasteiger partial charge in [0.2, 0.25) is 0 Å². The van der Waals surface area contributed by atoms with Crippen LogP contribution in [0.15, 0.2) is 0 Å². The molecule has 2 N–H and O–H groups in total. The van der Waals surface area contributed by atoms with Crippen molar-refractivity contribution >= 4 is 0 Å². The Balaban J connectivity index is 0.000000265. The summed E-state index contributed by atoms with van der Waals surface area (Å²) in [5, 5.41) is 16.2. The third-order valence-corrected chi connectivity index (χ3v) is 2.18. The molecule has 92 valence electrons. The first-order valence-electron chi connectivity index (χ1n) is 5.76. The van der Waals surface area contributed by atoms with Crippen LogP contribution in [-0.2, 0) is 9.47 Å². The number of ether oxygens (including phenoxy) is 2. The minimum atomic E-state index is 0.0278. The Kier molecular flexibility index (Phi) is 11.8. The van der Waals surface area contributed by atoms with Gasteiger partial charge < -0.3 is 19.7 Å². The second kappa shape index (κ2) is 11.9. The lowest BCUT2D eigenvalue weighted by Gasteiger charge is -2.06. The fourth-order valence-corrected chi connectivity index (χ4v) is 1.52. The van der Waals surface area contributed by atoms with Crippen molar-refractivity contribution in [2.45, 2.75) is 38.7 Å². The molecule has 0 aromatic heterocycles. The summed E-state index contributed by atoms with van der Waals surface area (Å²) < 4.78 is 10.0. The molecule has 15 heavy (non-hydrogen) atoms. The van der Waals surface area contributed by atoms with Crippen molar-refractivity contribution < 1.29 is 19.7 Å². The molecule has 0 atom stereocenters. The Morgan fingerprint density at radius 1 is 1.07 bits per heavy atom. The van der Waals surface area contributed by atoms with Gasteiger partial charge in [0.1, 0.15) is 0 Å². The summed E-state index contributed by atoms with van der Waals surface area (Å²) in [7, 11) is 0. The minimum absolute atomic E-state index is 0.0278. The summed E-state index contributed by atoms with van der Waals surface area (Å²) in [6.07, 6.45) is 5.97. The Bertz CT molecular complexity index is 109. The molecule has 0 unspecified atom stereocenters. The lowest BCUT2D eigenvalue weighted by atomic mass is 10.3. The van der Waals surface area contributed by atoms with E-state index in [2.05, 4.69) is 11.7 Å². The van der Waals surface area contributed by atoms with E-state index in [1.807, 2.05) is 0 Å². The van der Waals surface area contributed by atoms with Gasteiger partial charge in [0.25, 0.3) is 0 Å². The molecular weight excluding hydrogens is 196 g/mol. The molecule has 0 amide bonds. The number of hydrogen-bond donors (Lipinski definition) is 2. The first-order chi connectivity index (χ1) is 7.35. The van der Waals surface area contributed by atoms with Crippen LogP contribution in [0.3, 0.4) is 0 Å². The number of aliphatic hydroxyl groups is 2. The highest BCUT2D eigenvalue weighted by Gasteiger charge is 2.13. The summed E-state index contributed by atoms with van der Waals surface area (Å²) in [5.74, 6) is 0. The molecule has 0 aliphatic heterocycles. The van der Waals surface area contributed by atoms with Crippen LogP contribution in [0.2, 0.25) is 0 Å². The van der Waals surface area contributed by atoms with E-state index >= 15 is 0 Å². The summed E-state index contributed by atoms with van der Waals surface area (Å²) in [4.78, 5) is 0. The average Bonchev–Trinajstić information content (AvgIpc) is 2.73. The molecule has 1 fully saturated rings. The molecule has 0 aromatic carbocycles. The highest BCUT2D eigenvalue weighted by atomic mass is 16.5. The van der Waals surface area contributed by atoms with E-state index in [1.165, 1.54) is 25.7 Å². The van der Waals surface area contributed by atoms with Crippen LogP contribution in [0.1, 0.15) is 32.6 Å². The minimum Gasteiger partial charge on any atom is -0.394 e. The van der Waals surface area contributed by atoms with Crippen LogP contribution in [0.5, 0.6) is 0 Å². The maximum atomic E-state index is 8.09. The largest absolute Gasteiger partial charge is 0.394 e. The zero-order valence-corrected chi connectivity index (χ0v) is 9.65. The van der Waals surface area contributed by atoms with E-state index in [0.717, 1.165) is 6.61 Å². The molecule has 0 saturated heterocycles. The van der Waals surface area contributed by atoms with Crippen molar-refractivity contribution in [3.63, 3.8) is 0 Å². The fraction of sp³-hybridized carbons (Fsp3) is 1.00. The Morgan fingerprint density at radius 2 is 1.60 bits per heavy atom. The van der Waals surface area contributed by atoms with Crippen LogP contribution in [0.4, 0.5) is 0 Å². The van der Waals surface area contributed by atoms with E-state index in [-0.39, 0.29) is 13.2 Å². The zero-order valence-electron chi connectivity index (χ0n) is 9.65. The molecule has 0 radical (unpaired) electrons. The van der Waals surface area contributed by atoms with Gasteiger partial charge in [0, 0.05) is 6.61 Å². The maximum Gasteiger partial charge on any atom is 0.0698 e. The lowest BCUT2D eigenvalue weighted by molar-refractivity contribution is 0.0650. The predicted octanol–water partition coefficient (Wildman–Crippen LogP) is 0.953. The van der Waals surface area contributed by atoms with Gasteiger partial charge in [-0.05, 0) is 19.8 Å². The molecule has 0 bridgehead atoms. The number of rotatable bonds is 6. The van der Waals surface area contributed by atoms with Crippen molar-refractivity contribution in [1.29, 1.82) is 0 Å². The third-order valence-electron chi connectivity index (χ3n) is 2.18.